The molecule has 1 aliphatic rings. The van der Waals surface area contributed by atoms with E-state index in [1.807, 2.05) is 0 Å². The van der Waals surface area contributed by atoms with Crippen LogP contribution in [0.15, 0.2) is 18.2 Å². The van der Waals surface area contributed by atoms with Crippen LogP contribution in [0.3, 0.4) is 0 Å². The molecule has 1 heterocycles. The van der Waals surface area contributed by atoms with Crippen molar-refractivity contribution in [2.75, 3.05) is 19.6 Å². The lowest BCUT2D eigenvalue weighted by molar-refractivity contribution is -0.119. The molecule has 1 fully saturated rings. The summed E-state index contributed by atoms with van der Waals surface area (Å²) in [5.74, 6) is 5.39. The average Bonchev–Trinajstić information content (AvgIpc) is 2.85. The van der Waals surface area contributed by atoms with Crippen LogP contribution in [-0.4, -0.2) is 36.5 Å². The maximum Gasteiger partial charge on any atom is 0.217 e. The Hall–Kier alpha value is -1.90. The van der Waals surface area contributed by atoms with Gasteiger partial charge in [0.05, 0.1) is 6.54 Å². The van der Waals surface area contributed by atoms with E-state index in [0.29, 0.717) is 12.1 Å². The van der Waals surface area contributed by atoms with Gasteiger partial charge in [-0.3, -0.25) is 9.69 Å². The van der Waals surface area contributed by atoms with Crippen molar-refractivity contribution in [3.8, 4) is 11.8 Å². The summed E-state index contributed by atoms with van der Waals surface area (Å²) in [4.78, 5) is 13.3. The van der Waals surface area contributed by atoms with Crippen LogP contribution in [0.4, 0.5) is 4.39 Å². The van der Waals surface area contributed by atoms with Gasteiger partial charge in [-0.25, -0.2) is 4.39 Å². The van der Waals surface area contributed by atoms with Crippen LogP contribution < -0.4 is 11.1 Å². The highest BCUT2D eigenvalue weighted by atomic mass is 19.1. The third-order valence-corrected chi connectivity index (χ3v) is 3.47. The van der Waals surface area contributed by atoms with Crippen LogP contribution >= 0.6 is 0 Å². The molecule has 0 bridgehead atoms. The molecule has 1 aromatic carbocycles. The molecule has 2 rings (SSSR count). The molecule has 1 saturated heterocycles. The van der Waals surface area contributed by atoms with E-state index in [2.05, 4.69) is 22.1 Å². The molecule has 1 unspecified atom stereocenters. The lowest BCUT2D eigenvalue weighted by Gasteiger charge is -2.17. The fraction of sp³-hybridized carbons (Fsp3) is 0.438. The van der Waals surface area contributed by atoms with Gasteiger partial charge in [-0.1, -0.05) is 17.9 Å². The van der Waals surface area contributed by atoms with E-state index in [1.54, 1.807) is 6.07 Å². The highest BCUT2D eigenvalue weighted by Crippen LogP contribution is 2.17. The zero-order chi connectivity index (χ0) is 15.2. The van der Waals surface area contributed by atoms with Crippen molar-refractivity contribution < 1.29 is 9.18 Å². The molecule has 5 heteroatoms. The molecular weight excluding hydrogens is 269 g/mol. The minimum atomic E-state index is -0.294. The second-order valence-electron chi connectivity index (χ2n) is 5.23. The van der Waals surface area contributed by atoms with Crippen molar-refractivity contribution in [2.45, 2.75) is 25.9 Å². The summed E-state index contributed by atoms with van der Waals surface area (Å²) in [5, 5.41) is 2.93. The number of amides is 1. The second kappa shape index (κ2) is 7.21. The van der Waals surface area contributed by atoms with Gasteiger partial charge in [-0.2, -0.15) is 0 Å². The standard InChI is InChI=1S/C16H20FN3O/c1-12(21)19-16-6-8-20(11-16)10-14-4-5-15(17)9-13(14)3-2-7-18/h4-5,9,16H,6-8,10-11,18H2,1H3,(H,19,21). The first kappa shape index (κ1) is 15.5. The molecule has 4 nitrogen and oxygen atoms in total. The van der Waals surface area contributed by atoms with Crippen molar-refractivity contribution >= 4 is 5.91 Å². The molecule has 1 aromatic rings. The molecule has 1 atom stereocenters. The topological polar surface area (TPSA) is 58.4 Å². The predicted octanol–water partition coefficient (Wildman–Crippen LogP) is 0.846. The molecule has 0 aliphatic carbocycles. The Bertz CT molecular complexity index is 577. The number of rotatable bonds is 3. The van der Waals surface area contributed by atoms with Crippen LogP contribution in [0.2, 0.25) is 0 Å². The number of hydrogen-bond donors (Lipinski definition) is 2. The Balaban J connectivity index is 2.05. The highest BCUT2D eigenvalue weighted by Gasteiger charge is 2.23. The molecule has 1 amide bonds. The van der Waals surface area contributed by atoms with Gasteiger partial charge >= 0.3 is 0 Å². The summed E-state index contributed by atoms with van der Waals surface area (Å²) in [6, 6.07) is 4.85. The highest BCUT2D eigenvalue weighted by molar-refractivity contribution is 5.73. The van der Waals surface area contributed by atoms with Gasteiger partial charge in [0.1, 0.15) is 5.82 Å². The van der Waals surface area contributed by atoms with Crippen LogP contribution in [0.5, 0.6) is 0 Å². The normalized spacial score (nSPS) is 18.1. The summed E-state index contributed by atoms with van der Waals surface area (Å²) >= 11 is 0. The number of benzene rings is 1. The number of nitrogens with zero attached hydrogens (tertiary/aromatic N) is 1. The lowest BCUT2D eigenvalue weighted by atomic mass is 10.1. The van der Waals surface area contributed by atoms with Crippen molar-refractivity contribution in [1.82, 2.24) is 10.2 Å². The SMILES string of the molecule is CC(=O)NC1CCN(Cc2ccc(F)cc2C#CCN)C1. The molecule has 0 aromatic heterocycles. The van der Waals surface area contributed by atoms with Gasteiger partial charge in [0.15, 0.2) is 0 Å². The van der Waals surface area contributed by atoms with Gasteiger partial charge in [-0.05, 0) is 24.1 Å². The van der Waals surface area contributed by atoms with E-state index >= 15 is 0 Å². The Labute approximate surface area is 124 Å². The zero-order valence-corrected chi connectivity index (χ0v) is 12.2. The Morgan fingerprint density at radius 3 is 3.10 bits per heavy atom. The largest absolute Gasteiger partial charge is 0.352 e. The van der Waals surface area contributed by atoms with Crippen LogP contribution in [0.1, 0.15) is 24.5 Å². The Kier molecular flexibility index (Phi) is 5.32. The summed E-state index contributed by atoms with van der Waals surface area (Å²) in [6.45, 7) is 4.20. The molecule has 21 heavy (non-hydrogen) atoms. The van der Waals surface area contributed by atoms with Gasteiger partial charge in [0.25, 0.3) is 0 Å². The number of carbonyl (C=O) groups is 1. The zero-order valence-electron chi connectivity index (χ0n) is 12.2. The predicted molar refractivity (Wildman–Crippen MR) is 79.8 cm³/mol. The minimum absolute atomic E-state index is 0.00173. The number of halogens is 1. The fourth-order valence-corrected chi connectivity index (χ4v) is 2.57. The van der Waals surface area contributed by atoms with Gasteiger partial charge in [-0.15, -0.1) is 0 Å². The average molecular weight is 289 g/mol. The molecule has 0 saturated carbocycles. The van der Waals surface area contributed by atoms with Gasteiger partial charge < -0.3 is 11.1 Å². The van der Waals surface area contributed by atoms with E-state index in [4.69, 9.17) is 5.73 Å². The Morgan fingerprint density at radius 1 is 1.57 bits per heavy atom. The van der Waals surface area contributed by atoms with E-state index in [-0.39, 0.29) is 24.3 Å². The van der Waals surface area contributed by atoms with Gasteiger partial charge in [0.2, 0.25) is 5.91 Å². The Morgan fingerprint density at radius 2 is 2.38 bits per heavy atom. The quantitative estimate of drug-likeness (QED) is 0.811. The number of hydrogen-bond acceptors (Lipinski definition) is 3. The maximum atomic E-state index is 13.3. The summed E-state index contributed by atoms with van der Waals surface area (Å²) in [6.07, 6.45) is 0.935. The number of nitrogens with one attached hydrogen (secondary N) is 1. The molecule has 112 valence electrons. The van der Waals surface area contributed by atoms with E-state index in [9.17, 15) is 9.18 Å². The molecular formula is C16H20FN3O. The molecule has 1 aliphatic heterocycles. The van der Waals surface area contributed by atoms with E-state index in [1.165, 1.54) is 19.1 Å². The smallest absolute Gasteiger partial charge is 0.217 e. The molecule has 3 N–H and O–H groups in total. The number of nitrogens with two attached hydrogens (primary N) is 1. The molecule has 0 spiro atoms. The van der Waals surface area contributed by atoms with Crippen molar-refractivity contribution in [1.29, 1.82) is 0 Å². The van der Waals surface area contributed by atoms with E-state index in [0.717, 1.165) is 25.1 Å². The monoisotopic (exact) mass is 289 g/mol. The molecule has 0 radical (unpaired) electrons. The second-order valence-corrected chi connectivity index (χ2v) is 5.23. The van der Waals surface area contributed by atoms with Crippen molar-refractivity contribution in [3.05, 3.63) is 35.1 Å². The third kappa shape index (κ3) is 4.55. The first-order valence-electron chi connectivity index (χ1n) is 7.05. The number of likely N-dealkylation sites (tertiary alicyclic amines) is 1. The summed E-state index contributed by atoms with van der Waals surface area (Å²) < 4.78 is 13.3. The first-order chi connectivity index (χ1) is 10.1. The third-order valence-electron chi connectivity index (χ3n) is 3.47. The summed E-state index contributed by atoms with van der Waals surface area (Å²) in [5.41, 5.74) is 7.05. The lowest BCUT2D eigenvalue weighted by Crippen LogP contribution is -2.35. The van der Waals surface area contributed by atoms with Crippen LogP contribution in [0.25, 0.3) is 0 Å². The van der Waals surface area contributed by atoms with E-state index < -0.39 is 0 Å². The maximum absolute atomic E-state index is 13.3. The minimum Gasteiger partial charge on any atom is -0.352 e. The number of carbonyl (C=O) groups excluding carboxylic acids is 1. The fourth-order valence-electron chi connectivity index (χ4n) is 2.57. The van der Waals surface area contributed by atoms with Crippen molar-refractivity contribution in [2.24, 2.45) is 5.73 Å². The van der Waals surface area contributed by atoms with Crippen molar-refractivity contribution in [3.63, 3.8) is 0 Å². The van der Waals surface area contributed by atoms with Crippen LogP contribution in [0, 0.1) is 17.7 Å². The van der Waals surface area contributed by atoms with Crippen LogP contribution in [-0.2, 0) is 11.3 Å². The van der Waals surface area contributed by atoms with Gasteiger partial charge in [0, 0.05) is 38.2 Å². The first-order valence-corrected chi connectivity index (χ1v) is 7.05. The summed E-state index contributed by atoms with van der Waals surface area (Å²) in [7, 11) is 0.